The van der Waals surface area contributed by atoms with Crippen LogP contribution in [0.25, 0.3) is 0 Å². The third-order valence-corrected chi connectivity index (χ3v) is 2.49. The second kappa shape index (κ2) is 2.76. The SMILES string of the molecule is Cc1cc(N)ccc1S(=O)(=O)O. The van der Waals surface area contributed by atoms with Gasteiger partial charge < -0.3 is 5.73 Å². The van der Waals surface area contributed by atoms with Crippen LogP contribution in [0.1, 0.15) is 5.56 Å². The fourth-order valence-corrected chi connectivity index (χ4v) is 1.67. The maximum atomic E-state index is 10.7. The van der Waals surface area contributed by atoms with Gasteiger partial charge in [-0.05, 0) is 30.7 Å². The molecule has 0 saturated carbocycles. The Kier molecular flexibility index (Phi) is 2.08. The van der Waals surface area contributed by atoms with Crippen molar-refractivity contribution in [1.82, 2.24) is 0 Å². The van der Waals surface area contributed by atoms with Crippen molar-refractivity contribution in [3.63, 3.8) is 0 Å². The summed E-state index contributed by atoms with van der Waals surface area (Å²) in [6.45, 7) is 1.57. The van der Waals surface area contributed by atoms with Crippen molar-refractivity contribution in [3.8, 4) is 0 Å². The van der Waals surface area contributed by atoms with Crippen molar-refractivity contribution in [3.05, 3.63) is 23.8 Å². The highest BCUT2D eigenvalue weighted by Crippen LogP contribution is 2.16. The molecule has 0 spiro atoms. The molecule has 0 aliphatic carbocycles. The Hall–Kier alpha value is -1.07. The fourth-order valence-electron chi connectivity index (χ4n) is 0.962. The van der Waals surface area contributed by atoms with E-state index in [1.165, 1.54) is 18.2 Å². The number of anilines is 1. The standard InChI is InChI=1S/C7H9NO3S/c1-5-4-6(8)2-3-7(5)12(9,10)11/h2-4H,8H2,1H3,(H,9,10,11). The minimum absolute atomic E-state index is 0.100. The number of rotatable bonds is 1. The lowest BCUT2D eigenvalue weighted by molar-refractivity contribution is 0.482. The first kappa shape index (κ1) is 9.02. The van der Waals surface area contributed by atoms with Gasteiger partial charge in [0.1, 0.15) is 0 Å². The van der Waals surface area contributed by atoms with Gasteiger partial charge in [0.15, 0.2) is 0 Å². The summed E-state index contributed by atoms with van der Waals surface area (Å²) >= 11 is 0. The third kappa shape index (κ3) is 1.75. The van der Waals surface area contributed by atoms with Crippen LogP contribution in [0.3, 0.4) is 0 Å². The summed E-state index contributed by atoms with van der Waals surface area (Å²) in [6, 6.07) is 4.19. The molecule has 0 bridgehead atoms. The topological polar surface area (TPSA) is 80.4 Å². The van der Waals surface area contributed by atoms with Crippen LogP contribution in [0.15, 0.2) is 23.1 Å². The summed E-state index contributed by atoms with van der Waals surface area (Å²) in [5.74, 6) is 0. The molecule has 0 atom stereocenters. The van der Waals surface area contributed by atoms with E-state index in [-0.39, 0.29) is 4.90 Å². The summed E-state index contributed by atoms with van der Waals surface area (Å²) in [6.07, 6.45) is 0. The Balaban J connectivity index is 3.39. The molecule has 0 unspecified atom stereocenters. The summed E-state index contributed by atoms with van der Waals surface area (Å²) in [5.41, 5.74) is 6.31. The van der Waals surface area contributed by atoms with E-state index in [1.807, 2.05) is 0 Å². The average Bonchev–Trinajstić information content (AvgIpc) is 1.83. The van der Waals surface area contributed by atoms with E-state index >= 15 is 0 Å². The normalized spacial score (nSPS) is 11.5. The molecule has 0 aliphatic heterocycles. The van der Waals surface area contributed by atoms with E-state index in [1.54, 1.807) is 6.92 Å². The van der Waals surface area contributed by atoms with Crippen LogP contribution in [0.2, 0.25) is 0 Å². The van der Waals surface area contributed by atoms with Gasteiger partial charge in [-0.3, -0.25) is 4.55 Å². The minimum atomic E-state index is -4.11. The molecule has 0 fully saturated rings. The first-order valence-electron chi connectivity index (χ1n) is 3.25. The van der Waals surface area contributed by atoms with Crippen LogP contribution in [0.4, 0.5) is 5.69 Å². The Labute approximate surface area is 70.8 Å². The Bertz CT molecular complexity index is 397. The number of nitrogen functional groups attached to an aromatic ring is 1. The quantitative estimate of drug-likeness (QED) is 0.504. The van der Waals surface area contributed by atoms with E-state index < -0.39 is 10.1 Å². The lowest BCUT2D eigenvalue weighted by atomic mass is 10.2. The average molecular weight is 187 g/mol. The molecule has 0 heterocycles. The van der Waals surface area contributed by atoms with Crippen LogP contribution in [-0.2, 0) is 10.1 Å². The van der Waals surface area contributed by atoms with E-state index in [9.17, 15) is 8.42 Å². The number of hydrogen-bond donors (Lipinski definition) is 2. The predicted octanol–water partition coefficient (Wildman–Crippen LogP) is 0.824. The third-order valence-electron chi connectivity index (χ3n) is 1.48. The first-order chi connectivity index (χ1) is 5.41. The monoisotopic (exact) mass is 187 g/mol. The molecule has 1 aromatic rings. The summed E-state index contributed by atoms with van der Waals surface area (Å²) in [7, 11) is -4.11. The van der Waals surface area contributed by atoms with Crippen molar-refractivity contribution >= 4 is 15.8 Å². The van der Waals surface area contributed by atoms with Crippen molar-refractivity contribution in [1.29, 1.82) is 0 Å². The van der Waals surface area contributed by atoms with Crippen molar-refractivity contribution < 1.29 is 13.0 Å². The predicted molar refractivity (Wildman–Crippen MR) is 45.4 cm³/mol. The molecule has 3 N–H and O–H groups in total. The Morgan fingerprint density at radius 1 is 1.42 bits per heavy atom. The molecule has 0 aliphatic rings. The summed E-state index contributed by atoms with van der Waals surface area (Å²) < 4.78 is 30.1. The second-order valence-electron chi connectivity index (χ2n) is 2.50. The highest BCUT2D eigenvalue weighted by Gasteiger charge is 2.11. The molecule has 66 valence electrons. The molecular weight excluding hydrogens is 178 g/mol. The van der Waals surface area contributed by atoms with Gasteiger partial charge in [0, 0.05) is 5.69 Å². The van der Waals surface area contributed by atoms with Crippen LogP contribution < -0.4 is 5.73 Å². The first-order valence-corrected chi connectivity index (χ1v) is 4.69. The Morgan fingerprint density at radius 3 is 2.42 bits per heavy atom. The largest absolute Gasteiger partial charge is 0.399 e. The Morgan fingerprint density at radius 2 is 2.00 bits per heavy atom. The van der Waals surface area contributed by atoms with Gasteiger partial charge in [0.2, 0.25) is 0 Å². The number of benzene rings is 1. The molecule has 0 radical (unpaired) electrons. The zero-order valence-electron chi connectivity index (χ0n) is 6.48. The van der Waals surface area contributed by atoms with Gasteiger partial charge in [-0.25, -0.2) is 0 Å². The molecular formula is C7H9NO3S. The maximum absolute atomic E-state index is 10.7. The molecule has 1 aromatic carbocycles. The summed E-state index contributed by atoms with van der Waals surface area (Å²) in [4.78, 5) is -0.100. The lowest BCUT2D eigenvalue weighted by Crippen LogP contribution is -2.01. The maximum Gasteiger partial charge on any atom is 0.294 e. The van der Waals surface area contributed by atoms with E-state index in [4.69, 9.17) is 10.3 Å². The van der Waals surface area contributed by atoms with E-state index in [0.29, 0.717) is 11.3 Å². The smallest absolute Gasteiger partial charge is 0.294 e. The second-order valence-corrected chi connectivity index (χ2v) is 3.89. The van der Waals surface area contributed by atoms with Gasteiger partial charge in [-0.15, -0.1) is 0 Å². The van der Waals surface area contributed by atoms with Gasteiger partial charge in [0.05, 0.1) is 4.90 Å². The number of nitrogens with two attached hydrogens (primary N) is 1. The fraction of sp³-hybridized carbons (Fsp3) is 0.143. The highest BCUT2D eigenvalue weighted by atomic mass is 32.2. The van der Waals surface area contributed by atoms with Crippen LogP contribution >= 0.6 is 0 Å². The van der Waals surface area contributed by atoms with Gasteiger partial charge in [-0.1, -0.05) is 0 Å². The minimum Gasteiger partial charge on any atom is -0.399 e. The lowest BCUT2D eigenvalue weighted by Gasteiger charge is -2.01. The van der Waals surface area contributed by atoms with Crippen molar-refractivity contribution in [2.45, 2.75) is 11.8 Å². The van der Waals surface area contributed by atoms with Gasteiger partial charge in [0.25, 0.3) is 10.1 Å². The molecule has 12 heavy (non-hydrogen) atoms. The number of hydrogen-bond acceptors (Lipinski definition) is 3. The van der Waals surface area contributed by atoms with Gasteiger partial charge in [-0.2, -0.15) is 8.42 Å². The highest BCUT2D eigenvalue weighted by molar-refractivity contribution is 7.85. The number of aryl methyl sites for hydroxylation is 1. The molecule has 0 saturated heterocycles. The van der Waals surface area contributed by atoms with Crippen LogP contribution in [0, 0.1) is 6.92 Å². The van der Waals surface area contributed by atoms with Crippen molar-refractivity contribution in [2.24, 2.45) is 0 Å². The zero-order chi connectivity index (χ0) is 9.35. The summed E-state index contributed by atoms with van der Waals surface area (Å²) in [5, 5.41) is 0. The molecule has 4 nitrogen and oxygen atoms in total. The molecule has 0 amide bonds. The molecule has 5 heteroatoms. The molecule has 1 rings (SSSR count). The van der Waals surface area contributed by atoms with Crippen molar-refractivity contribution in [2.75, 3.05) is 5.73 Å². The van der Waals surface area contributed by atoms with Crippen LogP contribution in [-0.4, -0.2) is 13.0 Å². The van der Waals surface area contributed by atoms with Gasteiger partial charge >= 0.3 is 0 Å². The molecule has 0 aromatic heterocycles. The zero-order valence-corrected chi connectivity index (χ0v) is 7.30. The van der Waals surface area contributed by atoms with E-state index in [0.717, 1.165) is 0 Å². The van der Waals surface area contributed by atoms with E-state index in [2.05, 4.69) is 0 Å². The van der Waals surface area contributed by atoms with Crippen LogP contribution in [0.5, 0.6) is 0 Å².